The molecule has 4 aliphatic rings. The van der Waals surface area contributed by atoms with E-state index in [0.29, 0.717) is 17.9 Å². The van der Waals surface area contributed by atoms with Crippen LogP contribution < -0.4 is 20.6 Å². The molecular formula is C22H38N4O+2. The lowest BCUT2D eigenvalue weighted by Crippen LogP contribution is -2.80. The molecule has 0 unspecified atom stereocenters. The first kappa shape index (κ1) is 18.9. The van der Waals surface area contributed by atoms with E-state index < -0.39 is 0 Å². The van der Waals surface area contributed by atoms with Gasteiger partial charge < -0.3 is 5.32 Å². The van der Waals surface area contributed by atoms with Gasteiger partial charge in [-0.05, 0) is 57.8 Å². The number of amidine groups is 1. The minimum Gasteiger partial charge on any atom is -0.353 e. The van der Waals surface area contributed by atoms with Crippen LogP contribution in [0.15, 0.2) is 0 Å². The third-order valence-corrected chi connectivity index (χ3v) is 7.28. The number of rotatable bonds is 4. The van der Waals surface area contributed by atoms with Crippen molar-refractivity contribution in [2.24, 2.45) is 17.8 Å². The van der Waals surface area contributed by atoms with E-state index >= 15 is 0 Å². The molecule has 2 aliphatic carbocycles. The summed E-state index contributed by atoms with van der Waals surface area (Å²) in [6, 6.07) is 0.409. The molecule has 4 N–H and O–H groups in total. The molecule has 5 nitrogen and oxygen atoms in total. The van der Waals surface area contributed by atoms with Crippen LogP contribution in [0.4, 0.5) is 0 Å². The van der Waals surface area contributed by atoms with Crippen molar-refractivity contribution in [3.05, 3.63) is 0 Å². The quantitative estimate of drug-likeness (QED) is 0.543. The second-order valence-electron chi connectivity index (χ2n) is 9.14. The third kappa shape index (κ3) is 4.91. The molecule has 2 fully saturated rings. The van der Waals surface area contributed by atoms with Gasteiger partial charge in [0, 0.05) is 37.1 Å². The van der Waals surface area contributed by atoms with E-state index in [1.165, 1.54) is 50.9 Å². The maximum absolute atomic E-state index is 12.8. The first-order chi connectivity index (χ1) is 13.3. The minimum atomic E-state index is 0.234. The highest BCUT2D eigenvalue weighted by Crippen LogP contribution is 2.30. The van der Waals surface area contributed by atoms with Crippen molar-refractivity contribution < 1.29 is 14.8 Å². The topological polar surface area (TPSA) is 69.1 Å². The molecule has 0 aromatic rings. The summed E-state index contributed by atoms with van der Waals surface area (Å²) in [7, 11) is 0. The standard InChI is InChI=1S/C22H36N4O/c27-22(18-7-5-17(6-8-18)21-24-14-3-15-25-21)26-19-11-9-16(10-12-19)20-4-1-2-13-23-20/h16-19H,1-15H2,(H,24,25)(H,26,27)/p+2. The van der Waals surface area contributed by atoms with Crippen LogP contribution in [0.1, 0.15) is 77.0 Å². The van der Waals surface area contributed by atoms with E-state index in [-0.39, 0.29) is 5.92 Å². The van der Waals surface area contributed by atoms with Crippen LogP contribution in [-0.2, 0) is 4.79 Å². The van der Waals surface area contributed by atoms with E-state index in [0.717, 1.165) is 57.5 Å². The van der Waals surface area contributed by atoms with Gasteiger partial charge in [0.25, 0.3) is 0 Å². The van der Waals surface area contributed by atoms with Crippen LogP contribution in [0.25, 0.3) is 0 Å². The first-order valence-electron chi connectivity index (χ1n) is 11.5. The zero-order chi connectivity index (χ0) is 18.5. The van der Waals surface area contributed by atoms with E-state index in [4.69, 9.17) is 0 Å². The Morgan fingerprint density at radius 2 is 1.59 bits per heavy atom. The van der Waals surface area contributed by atoms with E-state index in [1.807, 2.05) is 0 Å². The van der Waals surface area contributed by atoms with Crippen LogP contribution in [-0.4, -0.2) is 43.1 Å². The highest BCUT2D eigenvalue weighted by atomic mass is 16.1. The fourth-order valence-electron chi connectivity index (χ4n) is 5.56. The summed E-state index contributed by atoms with van der Waals surface area (Å²) in [4.78, 5) is 19.9. The summed E-state index contributed by atoms with van der Waals surface area (Å²) in [5.41, 5.74) is 1.60. The molecule has 0 atom stereocenters. The largest absolute Gasteiger partial charge is 0.353 e. The van der Waals surface area contributed by atoms with Crippen molar-refractivity contribution in [1.82, 2.24) is 10.6 Å². The number of amides is 1. The molecule has 2 heterocycles. The highest BCUT2D eigenvalue weighted by Gasteiger charge is 2.34. The van der Waals surface area contributed by atoms with Crippen molar-refractivity contribution in [3.63, 3.8) is 0 Å². The lowest BCUT2D eigenvalue weighted by molar-refractivity contribution is -0.467. The average Bonchev–Trinajstić information content (AvgIpc) is 2.76. The van der Waals surface area contributed by atoms with Crippen LogP contribution in [0, 0.1) is 17.8 Å². The number of hydrogen-bond acceptors (Lipinski definition) is 2. The Hall–Kier alpha value is -1.39. The van der Waals surface area contributed by atoms with E-state index in [9.17, 15) is 4.79 Å². The maximum atomic E-state index is 12.8. The van der Waals surface area contributed by atoms with Crippen molar-refractivity contribution in [2.45, 2.75) is 83.1 Å². The van der Waals surface area contributed by atoms with Crippen molar-refractivity contribution in [1.29, 1.82) is 0 Å². The van der Waals surface area contributed by atoms with Gasteiger partial charge in [0.15, 0.2) is 5.71 Å². The first-order valence-corrected chi connectivity index (χ1v) is 11.5. The average molecular weight is 375 g/mol. The zero-order valence-electron chi connectivity index (χ0n) is 16.8. The predicted octanol–water partition coefficient (Wildman–Crippen LogP) is -0.354. The Labute approximate surface area is 163 Å². The summed E-state index contributed by atoms with van der Waals surface area (Å²) in [6.45, 7) is 3.36. The Balaban J connectivity index is 1.19. The second-order valence-corrected chi connectivity index (χ2v) is 9.14. The number of hydrogen-bond donors (Lipinski definition) is 4. The molecule has 0 spiro atoms. The van der Waals surface area contributed by atoms with Gasteiger partial charge in [-0.3, -0.25) is 15.1 Å². The fraction of sp³-hybridized carbons (Fsp3) is 0.864. The van der Waals surface area contributed by atoms with Crippen molar-refractivity contribution in [2.75, 3.05) is 19.6 Å². The van der Waals surface area contributed by atoms with Gasteiger partial charge in [-0.1, -0.05) is 0 Å². The Morgan fingerprint density at radius 3 is 2.26 bits per heavy atom. The molecule has 150 valence electrons. The van der Waals surface area contributed by atoms with Crippen LogP contribution in [0.2, 0.25) is 0 Å². The third-order valence-electron chi connectivity index (χ3n) is 7.28. The maximum Gasteiger partial charge on any atom is 0.245 e. The summed E-state index contributed by atoms with van der Waals surface area (Å²) < 4.78 is 0. The summed E-state index contributed by atoms with van der Waals surface area (Å²) in [5, 5.41) is 6.93. The van der Waals surface area contributed by atoms with Crippen LogP contribution in [0.3, 0.4) is 0 Å². The van der Waals surface area contributed by atoms with Gasteiger partial charge >= 0.3 is 0 Å². The predicted molar refractivity (Wildman–Crippen MR) is 107 cm³/mol. The summed E-state index contributed by atoms with van der Waals surface area (Å²) >= 11 is 0. The van der Waals surface area contributed by atoms with Crippen LogP contribution >= 0.6 is 0 Å². The lowest BCUT2D eigenvalue weighted by Gasteiger charge is -2.32. The molecule has 0 aromatic carbocycles. The fourth-order valence-corrected chi connectivity index (χ4v) is 5.56. The minimum absolute atomic E-state index is 0.234. The Kier molecular flexibility index (Phi) is 6.46. The van der Waals surface area contributed by atoms with Gasteiger partial charge in [0.2, 0.25) is 11.7 Å². The van der Waals surface area contributed by atoms with Gasteiger partial charge in [0.1, 0.15) is 6.54 Å². The molecular weight excluding hydrogens is 336 g/mol. The van der Waals surface area contributed by atoms with Gasteiger partial charge in [-0.15, -0.1) is 0 Å². The monoisotopic (exact) mass is 374 g/mol. The normalized spacial score (nSPS) is 34.8. The molecule has 4 rings (SSSR count). The van der Waals surface area contributed by atoms with Gasteiger partial charge in [-0.2, -0.15) is 0 Å². The number of carbonyl (C=O) groups excluding carboxylic acids is 1. The number of carbonyl (C=O) groups is 1. The summed E-state index contributed by atoms with van der Waals surface area (Å²) in [6.07, 6.45) is 14.3. The molecule has 0 aromatic heterocycles. The van der Waals surface area contributed by atoms with Crippen LogP contribution in [0.5, 0.6) is 0 Å². The zero-order valence-corrected chi connectivity index (χ0v) is 16.8. The molecule has 0 bridgehead atoms. The molecule has 27 heavy (non-hydrogen) atoms. The van der Waals surface area contributed by atoms with E-state index in [2.05, 4.69) is 20.6 Å². The SMILES string of the molecule is O=C(NC1CCC(C2=[NH+]CCCC2)CC1)C1CCC(C2=[NH+]CCCN2)CC1. The lowest BCUT2D eigenvalue weighted by atomic mass is 9.79. The number of nitrogens with one attached hydrogen (secondary N) is 4. The van der Waals surface area contributed by atoms with Crippen molar-refractivity contribution >= 4 is 17.5 Å². The molecule has 0 radical (unpaired) electrons. The Bertz CT molecular complexity index is 569. The second kappa shape index (κ2) is 9.20. The molecule has 0 saturated heterocycles. The molecule has 5 heteroatoms. The highest BCUT2D eigenvalue weighted by molar-refractivity contribution is 5.82. The van der Waals surface area contributed by atoms with Crippen molar-refractivity contribution in [3.8, 4) is 0 Å². The molecule has 2 aliphatic heterocycles. The van der Waals surface area contributed by atoms with E-state index in [1.54, 1.807) is 5.71 Å². The van der Waals surface area contributed by atoms with Gasteiger partial charge in [0.05, 0.1) is 19.0 Å². The Morgan fingerprint density at radius 1 is 0.852 bits per heavy atom. The smallest absolute Gasteiger partial charge is 0.245 e. The summed E-state index contributed by atoms with van der Waals surface area (Å²) in [5.74, 6) is 3.27. The molecule has 2 saturated carbocycles. The molecule has 1 amide bonds. The van der Waals surface area contributed by atoms with Gasteiger partial charge in [-0.25, -0.2) is 4.99 Å².